The first-order chi connectivity index (χ1) is 6.27. The second kappa shape index (κ2) is 5.25. The first-order valence-electron chi connectivity index (χ1n) is 5.55. The van der Waals surface area contributed by atoms with Gasteiger partial charge in [0.25, 0.3) is 0 Å². The zero-order valence-electron chi connectivity index (χ0n) is 8.88. The summed E-state index contributed by atoms with van der Waals surface area (Å²) < 4.78 is 0. The van der Waals surface area contributed by atoms with Crippen molar-refractivity contribution in [2.45, 2.75) is 46.0 Å². The van der Waals surface area contributed by atoms with Gasteiger partial charge in [-0.25, -0.2) is 0 Å². The van der Waals surface area contributed by atoms with E-state index < -0.39 is 0 Å². The van der Waals surface area contributed by atoms with E-state index in [2.05, 4.69) is 13.8 Å². The van der Waals surface area contributed by atoms with Crippen molar-refractivity contribution >= 4 is 5.91 Å². The summed E-state index contributed by atoms with van der Waals surface area (Å²) in [5.74, 6) is 0.985. The first-order valence-corrected chi connectivity index (χ1v) is 5.55. The molecule has 0 unspecified atom stereocenters. The molecular weight excluding hydrogens is 162 g/mol. The summed E-state index contributed by atoms with van der Waals surface area (Å²) in [6.45, 7) is 6.34. The second-order valence-electron chi connectivity index (χ2n) is 3.97. The van der Waals surface area contributed by atoms with E-state index in [1.165, 1.54) is 12.8 Å². The zero-order chi connectivity index (χ0) is 9.68. The summed E-state index contributed by atoms with van der Waals surface area (Å²) in [4.78, 5) is 13.7. The van der Waals surface area contributed by atoms with E-state index in [0.29, 0.717) is 11.8 Å². The number of rotatable bonds is 4. The van der Waals surface area contributed by atoms with E-state index in [9.17, 15) is 4.79 Å². The lowest BCUT2D eigenvalue weighted by atomic mass is 9.99. The lowest BCUT2D eigenvalue weighted by Gasteiger charge is -2.18. The summed E-state index contributed by atoms with van der Waals surface area (Å²) in [6, 6.07) is 0. The molecule has 0 spiro atoms. The van der Waals surface area contributed by atoms with E-state index in [-0.39, 0.29) is 0 Å². The Hall–Kier alpha value is -0.530. The summed E-state index contributed by atoms with van der Waals surface area (Å²) in [5.41, 5.74) is 0. The molecule has 0 atom stereocenters. The molecule has 1 rings (SSSR count). The van der Waals surface area contributed by atoms with E-state index in [4.69, 9.17) is 0 Å². The van der Waals surface area contributed by atoms with Crippen LogP contribution in [0, 0.1) is 5.92 Å². The van der Waals surface area contributed by atoms with E-state index in [0.717, 1.165) is 32.4 Å². The van der Waals surface area contributed by atoms with Gasteiger partial charge in [0.1, 0.15) is 0 Å². The normalized spacial score (nSPS) is 17.0. The Morgan fingerprint density at radius 1 is 1.23 bits per heavy atom. The van der Waals surface area contributed by atoms with Crippen molar-refractivity contribution in [2.75, 3.05) is 13.1 Å². The predicted octanol–water partition coefficient (Wildman–Crippen LogP) is 2.44. The molecule has 0 aliphatic carbocycles. The highest BCUT2D eigenvalue weighted by molar-refractivity contribution is 5.76. The summed E-state index contributed by atoms with van der Waals surface area (Å²) >= 11 is 0. The number of carbonyl (C=O) groups excluding carboxylic acids is 1. The third-order valence-electron chi connectivity index (χ3n) is 3.08. The van der Waals surface area contributed by atoms with Gasteiger partial charge in [-0.3, -0.25) is 4.79 Å². The van der Waals surface area contributed by atoms with Gasteiger partial charge in [-0.1, -0.05) is 26.7 Å². The quantitative estimate of drug-likeness (QED) is 0.655. The molecular formula is C11H21NO. The lowest BCUT2D eigenvalue weighted by Crippen LogP contribution is -2.29. The minimum Gasteiger partial charge on any atom is -0.343 e. The molecule has 0 bridgehead atoms. The Bertz CT molecular complexity index is 157. The molecule has 1 heterocycles. The van der Waals surface area contributed by atoms with Crippen LogP contribution in [0.15, 0.2) is 0 Å². The van der Waals surface area contributed by atoms with Crippen LogP contribution in [-0.2, 0) is 4.79 Å². The standard InChI is InChI=1S/C11H21NO/c1-3-10(4-2)9-11(13)12-7-5-6-8-12/h10H,3-9H2,1-2H3. The molecule has 1 fully saturated rings. The number of amides is 1. The predicted molar refractivity (Wildman–Crippen MR) is 54.5 cm³/mol. The number of carbonyl (C=O) groups is 1. The van der Waals surface area contributed by atoms with Gasteiger partial charge in [-0.05, 0) is 18.8 Å². The monoisotopic (exact) mass is 183 g/mol. The molecule has 0 saturated carbocycles. The molecule has 76 valence electrons. The van der Waals surface area contributed by atoms with Crippen molar-refractivity contribution in [1.29, 1.82) is 0 Å². The molecule has 0 aromatic rings. The highest BCUT2D eigenvalue weighted by atomic mass is 16.2. The molecule has 13 heavy (non-hydrogen) atoms. The fourth-order valence-corrected chi connectivity index (χ4v) is 1.92. The molecule has 0 radical (unpaired) electrons. The van der Waals surface area contributed by atoms with Gasteiger partial charge in [0.15, 0.2) is 0 Å². The van der Waals surface area contributed by atoms with Crippen LogP contribution < -0.4 is 0 Å². The molecule has 2 nitrogen and oxygen atoms in total. The third kappa shape index (κ3) is 3.02. The van der Waals surface area contributed by atoms with Crippen LogP contribution in [0.4, 0.5) is 0 Å². The number of hydrogen-bond donors (Lipinski definition) is 0. The van der Waals surface area contributed by atoms with Crippen molar-refractivity contribution in [2.24, 2.45) is 5.92 Å². The van der Waals surface area contributed by atoms with Gasteiger partial charge in [0.05, 0.1) is 0 Å². The lowest BCUT2D eigenvalue weighted by molar-refractivity contribution is -0.131. The molecule has 1 aliphatic rings. The number of hydrogen-bond acceptors (Lipinski definition) is 1. The van der Waals surface area contributed by atoms with Gasteiger partial charge >= 0.3 is 0 Å². The average molecular weight is 183 g/mol. The maximum atomic E-state index is 11.7. The van der Waals surface area contributed by atoms with Gasteiger partial charge in [-0.15, -0.1) is 0 Å². The van der Waals surface area contributed by atoms with E-state index in [1.54, 1.807) is 0 Å². The van der Waals surface area contributed by atoms with Crippen LogP contribution in [-0.4, -0.2) is 23.9 Å². The Morgan fingerprint density at radius 2 is 1.77 bits per heavy atom. The smallest absolute Gasteiger partial charge is 0.222 e. The minimum atomic E-state index is 0.381. The largest absolute Gasteiger partial charge is 0.343 e. The summed E-state index contributed by atoms with van der Waals surface area (Å²) in [6.07, 6.45) is 5.45. The molecule has 1 amide bonds. The second-order valence-corrected chi connectivity index (χ2v) is 3.97. The topological polar surface area (TPSA) is 20.3 Å². The third-order valence-corrected chi connectivity index (χ3v) is 3.08. The SMILES string of the molecule is CCC(CC)CC(=O)N1CCCC1. The summed E-state index contributed by atoms with van der Waals surface area (Å²) in [7, 11) is 0. The van der Waals surface area contributed by atoms with Crippen molar-refractivity contribution in [3.8, 4) is 0 Å². The maximum absolute atomic E-state index is 11.7. The molecule has 0 aromatic heterocycles. The minimum absolute atomic E-state index is 0.381. The van der Waals surface area contributed by atoms with Gasteiger partial charge in [0.2, 0.25) is 5.91 Å². The van der Waals surface area contributed by atoms with Crippen molar-refractivity contribution < 1.29 is 4.79 Å². The Morgan fingerprint density at radius 3 is 2.23 bits per heavy atom. The highest BCUT2D eigenvalue weighted by Crippen LogP contribution is 2.16. The zero-order valence-corrected chi connectivity index (χ0v) is 8.88. The number of nitrogens with zero attached hydrogens (tertiary/aromatic N) is 1. The maximum Gasteiger partial charge on any atom is 0.222 e. The van der Waals surface area contributed by atoms with Crippen molar-refractivity contribution in [3.63, 3.8) is 0 Å². The van der Waals surface area contributed by atoms with Gasteiger partial charge in [0, 0.05) is 19.5 Å². The van der Waals surface area contributed by atoms with Crippen LogP contribution in [0.25, 0.3) is 0 Å². The van der Waals surface area contributed by atoms with E-state index >= 15 is 0 Å². The molecule has 1 saturated heterocycles. The fourth-order valence-electron chi connectivity index (χ4n) is 1.92. The van der Waals surface area contributed by atoms with Crippen molar-refractivity contribution in [1.82, 2.24) is 4.90 Å². The van der Waals surface area contributed by atoms with Gasteiger partial charge in [-0.2, -0.15) is 0 Å². The first kappa shape index (κ1) is 10.6. The van der Waals surface area contributed by atoms with Crippen LogP contribution in [0.1, 0.15) is 46.0 Å². The Balaban J connectivity index is 2.30. The van der Waals surface area contributed by atoms with Crippen molar-refractivity contribution in [3.05, 3.63) is 0 Å². The van der Waals surface area contributed by atoms with Crippen LogP contribution in [0.2, 0.25) is 0 Å². The summed E-state index contributed by atoms with van der Waals surface area (Å²) in [5, 5.41) is 0. The highest BCUT2D eigenvalue weighted by Gasteiger charge is 2.19. The van der Waals surface area contributed by atoms with Crippen LogP contribution in [0.3, 0.4) is 0 Å². The molecule has 1 aliphatic heterocycles. The van der Waals surface area contributed by atoms with Crippen LogP contribution in [0.5, 0.6) is 0 Å². The Kier molecular flexibility index (Phi) is 4.26. The fraction of sp³-hybridized carbons (Fsp3) is 0.909. The number of likely N-dealkylation sites (tertiary alicyclic amines) is 1. The van der Waals surface area contributed by atoms with Crippen LogP contribution >= 0.6 is 0 Å². The molecule has 2 heteroatoms. The molecule has 0 N–H and O–H groups in total. The van der Waals surface area contributed by atoms with E-state index in [1.807, 2.05) is 4.90 Å². The Labute approximate surface area is 81.3 Å². The average Bonchev–Trinajstić information content (AvgIpc) is 2.66. The molecule has 0 aromatic carbocycles. The van der Waals surface area contributed by atoms with Gasteiger partial charge < -0.3 is 4.90 Å².